The summed E-state index contributed by atoms with van der Waals surface area (Å²) >= 11 is 5.87. The van der Waals surface area contributed by atoms with Gasteiger partial charge in [-0.1, -0.05) is 23.7 Å². The Morgan fingerprint density at radius 3 is 2.68 bits per heavy atom. The first-order valence-corrected chi connectivity index (χ1v) is 6.46. The summed E-state index contributed by atoms with van der Waals surface area (Å²) in [5.74, 6) is -0.455. The molecule has 0 bridgehead atoms. The molecule has 104 valence electrons. The fourth-order valence-corrected chi connectivity index (χ4v) is 1.58. The number of carbonyl (C=O) groups is 2. The summed E-state index contributed by atoms with van der Waals surface area (Å²) in [6, 6.07) is 6.49. The molecule has 19 heavy (non-hydrogen) atoms. The van der Waals surface area contributed by atoms with Gasteiger partial charge in [0.25, 0.3) is 0 Å². The van der Waals surface area contributed by atoms with Crippen LogP contribution in [0, 0.1) is 0 Å². The highest BCUT2D eigenvalue weighted by molar-refractivity contribution is 6.33. The molecule has 0 aliphatic carbocycles. The van der Waals surface area contributed by atoms with Gasteiger partial charge in [0.2, 0.25) is 0 Å². The Morgan fingerprint density at radius 1 is 1.26 bits per heavy atom. The van der Waals surface area contributed by atoms with Crippen molar-refractivity contribution in [3.8, 4) is 0 Å². The van der Waals surface area contributed by atoms with E-state index < -0.39 is 5.97 Å². The lowest BCUT2D eigenvalue weighted by atomic mass is 10.2. The lowest BCUT2D eigenvalue weighted by Gasteiger charge is -2.07. The van der Waals surface area contributed by atoms with E-state index in [0.29, 0.717) is 30.1 Å². The van der Waals surface area contributed by atoms with Crippen molar-refractivity contribution in [2.45, 2.75) is 13.3 Å². The minimum absolute atomic E-state index is 0.222. The fraction of sp³-hybridized carbons (Fsp3) is 0.385. The lowest BCUT2D eigenvalue weighted by molar-refractivity contribution is 0.0502. The Kier molecular flexibility index (Phi) is 6.74. The van der Waals surface area contributed by atoms with Gasteiger partial charge in [-0.25, -0.2) is 9.59 Å². The van der Waals surface area contributed by atoms with Crippen LogP contribution in [0.2, 0.25) is 5.02 Å². The molecular weight excluding hydrogens is 268 g/mol. The van der Waals surface area contributed by atoms with E-state index in [-0.39, 0.29) is 12.6 Å². The highest BCUT2D eigenvalue weighted by Crippen LogP contribution is 2.15. The van der Waals surface area contributed by atoms with Crippen LogP contribution in [0.15, 0.2) is 24.3 Å². The SMILES string of the molecule is CCNC(=O)NCCCOC(=O)c1ccccc1Cl. The number of hydrogen-bond donors (Lipinski definition) is 2. The van der Waals surface area contributed by atoms with Crippen molar-refractivity contribution in [1.29, 1.82) is 0 Å². The Bertz CT molecular complexity index is 438. The highest BCUT2D eigenvalue weighted by atomic mass is 35.5. The van der Waals surface area contributed by atoms with Crippen LogP contribution in [-0.4, -0.2) is 31.7 Å². The van der Waals surface area contributed by atoms with Crippen molar-refractivity contribution in [3.05, 3.63) is 34.9 Å². The molecule has 1 aromatic rings. The zero-order valence-electron chi connectivity index (χ0n) is 10.7. The first kappa shape index (κ1) is 15.3. The van der Waals surface area contributed by atoms with Crippen LogP contribution in [0.5, 0.6) is 0 Å². The van der Waals surface area contributed by atoms with Crippen LogP contribution < -0.4 is 10.6 Å². The summed E-state index contributed by atoms with van der Waals surface area (Å²) < 4.78 is 5.06. The minimum Gasteiger partial charge on any atom is -0.462 e. The van der Waals surface area contributed by atoms with Gasteiger partial charge in [0.15, 0.2) is 0 Å². The van der Waals surface area contributed by atoms with Gasteiger partial charge in [-0.15, -0.1) is 0 Å². The molecule has 0 unspecified atom stereocenters. The van der Waals surface area contributed by atoms with Crippen LogP contribution in [-0.2, 0) is 4.74 Å². The van der Waals surface area contributed by atoms with Crippen molar-refractivity contribution in [1.82, 2.24) is 10.6 Å². The topological polar surface area (TPSA) is 67.4 Å². The van der Waals surface area contributed by atoms with Gasteiger partial charge < -0.3 is 15.4 Å². The van der Waals surface area contributed by atoms with Crippen molar-refractivity contribution in [3.63, 3.8) is 0 Å². The third kappa shape index (κ3) is 5.61. The van der Waals surface area contributed by atoms with E-state index in [1.54, 1.807) is 24.3 Å². The molecule has 0 radical (unpaired) electrons. The summed E-state index contributed by atoms with van der Waals surface area (Å²) in [4.78, 5) is 22.7. The van der Waals surface area contributed by atoms with Crippen molar-refractivity contribution < 1.29 is 14.3 Å². The fourth-order valence-electron chi connectivity index (χ4n) is 1.37. The average Bonchev–Trinajstić information content (AvgIpc) is 2.39. The monoisotopic (exact) mass is 284 g/mol. The van der Waals surface area contributed by atoms with Crippen molar-refractivity contribution >= 4 is 23.6 Å². The number of benzene rings is 1. The predicted molar refractivity (Wildman–Crippen MR) is 73.4 cm³/mol. The largest absolute Gasteiger partial charge is 0.462 e. The standard InChI is InChI=1S/C13H17ClN2O3/c1-2-15-13(18)16-8-5-9-19-12(17)10-6-3-4-7-11(10)14/h3-4,6-7H,2,5,8-9H2,1H3,(H2,15,16,18). The molecule has 1 aromatic carbocycles. The van der Waals surface area contributed by atoms with E-state index in [2.05, 4.69) is 10.6 Å². The van der Waals surface area contributed by atoms with E-state index in [1.165, 1.54) is 0 Å². The molecule has 0 aromatic heterocycles. The highest BCUT2D eigenvalue weighted by Gasteiger charge is 2.10. The van der Waals surface area contributed by atoms with Crippen LogP contribution in [0.25, 0.3) is 0 Å². The Labute approximate surface area is 117 Å². The molecule has 0 fully saturated rings. The van der Waals surface area contributed by atoms with E-state index in [4.69, 9.17) is 16.3 Å². The first-order chi connectivity index (χ1) is 9.15. The third-order valence-corrected chi connectivity index (χ3v) is 2.60. The normalized spacial score (nSPS) is 9.79. The molecule has 0 spiro atoms. The number of urea groups is 1. The minimum atomic E-state index is -0.455. The molecule has 0 heterocycles. The van der Waals surface area contributed by atoms with E-state index in [9.17, 15) is 9.59 Å². The summed E-state index contributed by atoms with van der Waals surface area (Å²) in [5.41, 5.74) is 0.348. The Morgan fingerprint density at radius 2 is 2.00 bits per heavy atom. The molecule has 2 amide bonds. The molecule has 2 N–H and O–H groups in total. The number of carbonyl (C=O) groups excluding carboxylic acids is 2. The van der Waals surface area contributed by atoms with Gasteiger partial charge in [-0.2, -0.15) is 0 Å². The zero-order valence-corrected chi connectivity index (χ0v) is 11.5. The molecule has 6 heteroatoms. The van der Waals surface area contributed by atoms with Crippen LogP contribution in [0.3, 0.4) is 0 Å². The first-order valence-electron chi connectivity index (χ1n) is 6.08. The number of hydrogen-bond acceptors (Lipinski definition) is 3. The van der Waals surface area contributed by atoms with Crippen molar-refractivity contribution in [2.75, 3.05) is 19.7 Å². The van der Waals surface area contributed by atoms with Gasteiger partial charge in [-0.05, 0) is 25.5 Å². The smallest absolute Gasteiger partial charge is 0.339 e. The zero-order chi connectivity index (χ0) is 14.1. The summed E-state index contributed by atoms with van der Waals surface area (Å²) in [6.45, 7) is 3.09. The molecule has 0 aliphatic rings. The van der Waals surface area contributed by atoms with E-state index in [0.717, 1.165) is 0 Å². The molecular formula is C13H17ClN2O3. The second-order valence-corrected chi connectivity index (χ2v) is 4.16. The van der Waals surface area contributed by atoms with Gasteiger partial charge in [0.05, 0.1) is 17.2 Å². The van der Waals surface area contributed by atoms with E-state index >= 15 is 0 Å². The number of esters is 1. The van der Waals surface area contributed by atoms with Gasteiger partial charge in [-0.3, -0.25) is 0 Å². The summed E-state index contributed by atoms with van der Waals surface area (Å²) in [6.07, 6.45) is 0.549. The second kappa shape index (κ2) is 8.37. The molecule has 0 saturated carbocycles. The Balaban J connectivity index is 2.21. The van der Waals surface area contributed by atoms with Gasteiger partial charge in [0, 0.05) is 13.1 Å². The predicted octanol–water partition coefficient (Wildman–Crippen LogP) is 2.21. The summed E-state index contributed by atoms with van der Waals surface area (Å²) in [7, 11) is 0. The number of halogens is 1. The number of ether oxygens (including phenoxy) is 1. The Hall–Kier alpha value is -1.75. The molecule has 0 saturated heterocycles. The van der Waals surface area contributed by atoms with Crippen LogP contribution in [0.4, 0.5) is 4.79 Å². The molecule has 1 rings (SSSR count). The third-order valence-electron chi connectivity index (χ3n) is 2.27. The molecule has 0 aliphatic heterocycles. The van der Waals surface area contributed by atoms with Crippen molar-refractivity contribution in [2.24, 2.45) is 0 Å². The maximum atomic E-state index is 11.7. The number of amides is 2. The van der Waals surface area contributed by atoms with Gasteiger partial charge >= 0.3 is 12.0 Å². The maximum absolute atomic E-state index is 11.7. The van der Waals surface area contributed by atoms with E-state index in [1.807, 2.05) is 6.92 Å². The molecule has 5 nitrogen and oxygen atoms in total. The maximum Gasteiger partial charge on any atom is 0.339 e. The number of rotatable bonds is 6. The van der Waals surface area contributed by atoms with Crippen LogP contribution in [0.1, 0.15) is 23.7 Å². The van der Waals surface area contributed by atoms with Gasteiger partial charge in [0.1, 0.15) is 0 Å². The molecule has 0 atom stereocenters. The quantitative estimate of drug-likeness (QED) is 0.622. The summed E-state index contributed by atoms with van der Waals surface area (Å²) in [5, 5.41) is 5.61. The number of nitrogens with one attached hydrogen (secondary N) is 2. The second-order valence-electron chi connectivity index (χ2n) is 3.76. The lowest BCUT2D eigenvalue weighted by Crippen LogP contribution is -2.36. The average molecular weight is 285 g/mol. The van der Waals surface area contributed by atoms with Crippen LogP contribution >= 0.6 is 11.6 Å².